The summed E-state index contributed by atoms with van der Waals surface area (Å²) in [6.45, 7) is 3.84. The number of carbonyl (C=O) groups excluding carboxylic acids is 3. The van der Waals surface area contributed by atoms with Gasteiger partial charge in [-0.3, -0.25) is 14.4 Å². The fraction of sp³-hybridized carbons (Fsp3) is 0.609. The normalized spacial score (nSPS) is 34.0. The molecule has 1 aromatic carbocycles. The number of aliphatic hydroxyl groups excluding tert-OH is 1. The first kappa shape index (κ1) is 23.2. The number of alkyl halides is 1. The number of hydrogen-bond donors (Lipinski definition) is 3. The van der Waals surface area contributed by atoms with E-state index in [1.165, 1.54) is 11.9 Å². The lowest BCUT2D eigenvalue weighted by Crippen LogP contribution is -2.59. The van der Waals surface area contributed by atoms with Crippen molar-refractivity contribution in [3.8, 4) is 0 Å². The molecule has 3 aliphatic heterocycles. The van der Waals surface area contributed by atoms with Crippen LogP contribution in [-0.2, 0) is 25.7 Å². The number of rotatable bonds is 7. The van der Waals surface area contributed by atoms with Crippen molar-refractivity contribution in [3.05, 3.63) is 35.9 Å². The Balaban J connectivity index is 1.73. The third kappa shape index (κ3) is 3.45. The van der Waals surface area contributed by atoms with Crippen LogP contribution in [0.25, 0.3) is 0 Å². The first-order chi connectivity index (χ1) is 15.3. The number of amides is 3. The molecule has 4 rings (SSSR count). The summed E-state index contributed by atoms with van der Waals surface area (Å²) >= 11 is 3.62. The minimum Gasteiger partial charge on any atom is -0.394 e. The Kier molecular flexibility index (Phi) is 6.35. The third-order valence-corrected chi connectivity index (χ3v) is 7.99. The largest absolute Gasteiger partial charge is 0.394 e. The number of halogens is 1. The molecule has 3 heterocycles. The van der Waals surface area contributed by atoms with E-state index < -0.39 is 35.6 Å². The van der Waals surface area contributed by atoms with Gasteiger partial charge in [0.1, 0.15) is 11.6 Å². The van der Waals surface area contributed by atoms with Gasteiger partial charge < -0.3 is 25.4 Å². The minimum absolute atomic E-state index is 0.0842. The molecule has 3 N–H and O–H groups in total. The van der Waals surface area contributed by atoms with Gasteiger partial charge in [-0.15, -0.1) is 0 Å². The zero-order valence-corrected chi connectivity index (χ0v) is 20.0. The first-order valence-electron chi connectivity index (χ1n) is 11.0. The third-order valence-electron chi connectivity index (χ3n) is 7.15. The van der Waals surface area contributed by atoms with Gasteiger partial charge in [0.2, 0.25) is 17.7 Å². The molecule has 7 atom stereocenters. The average Bonchev–Trinajstić information content (AvgIpc) is 3.36. The van der Waals surface area contributed by atoms with E-state index in [0.29, 0.717) is 13.0 Å². The molecule has 9 heteroatoms. The number of ether oxygens (including phenoxy) is 1. The van der Waals surface area contributed by atoms with Crippen molar-refractivity contribution in [3.63, 3.8) is 0 Å². The quantitative estimate of drug-likeness (QED) is 0.473. The summed E-state index contributed by atoms with van der Waals surface area (Å²) in [6.07, 6.45) is -0.0420. The van der Waals surface area contributed by atoms with Crippen LogP contribution in [0.1, 0.15) is 25.8 Å². The van der Waals surface area contributed by atoms with Crippen molar-refractivity contribution >= 4 is 33.7 Å². The van der Waals surface area contributed by atoms with Gasteiger partial charge in [-0.25, -0.2) is 0 Å². The predicted molar refractivity (Wildman–Crippen MR) is 121 cm³/mol. The number of likely N-dealkylation sites (tertiary alicyclic amines) is 1. The number of benzene rings is 1. The van der Waals surface area contributed by atoms with Crippen molar-refractivity contribution < 1.29 is 24.2 Å². The minimum atomic E-state index is -1.11. The van der Waals surface area contributed by atoms with Gasteiger partial charge in [0.15, 0.2) is 0 Å². The molecule has 32 heavy (non-hydrogen) atoms. The first-order valence-corrected chi connectivity index (χ1v) is 12.0. The number of carbonyl (C=O) groups is 3. The van der Waals surface area contributed by atoms with E-state index in [9.17, 15) is 19.5 Å². The van der Waals surface area contributed by atoms with Gasteiger partial charge >= 0.3 is 0 Å². The fourth-order valence-corrected chi connectivity index (χ4v) is 6.64. The Morgan fingerprint density at radius 3 is 2.56 bits per heavy atom. The molecule has 3 saturated heterocycles. The van der Waals surface area contributed by atoms with Crippen LogP contribution in [0.15, 0.2) is 30.3 Å². The monoisotopic (exact) mass is 507 g/mol. The lowest BCUT2D eigenvalue weighted by atomic mass is 9.70. The molecule has 8 nitrogen and oxygen atoms in total. The van der Waals surface area contributed by atoms with E-state index in [4.69, 9.17) is 4.74 Å². The van der Waals surface area contributed by atoms with E-state index in [-0.39, 0.29) is 35.1 Å². The topological polar surface area (TPSA) is 108 Å². The van der Waals surface area contributed by atoms with Crippen LogP contribution < -0.4 is 10.6 Å². The Hall–Kier alpha value is -1.97. The van der Waals surface area contributed by atoms with Crippen molar-refractivity contribution in [1.29, 1.82) is 0 Å². The Morgan fingerprint density at radius 2 is 1.97 bits per heavy atom. The Bertz CT molecular complexity index is 897. The van der Waals surface area contributed by atoms with Crippen LogP contribution >= 0.6 is 15.9 Å². The molecule has 0 aliphatic carbocycles. The van der Waals surface area contributed by atoms with E-state index in [0.717, 1.165) is 5.56 Å². The number of nitrogens with one attached hydrogen (secondary N) is 2. The Labute approximate surface area is 196 Å². The molecule has 3 amide bonds. The van der Waals surface area contributed by atoms with Crippen molar-refractivity contribution in [1.82, 2.24) is 15.5 Å². The van der Waals surface area contributed by atoms with Gasteiger partial charge in [0, 0.05) is 18.4 Å². The summed E-state index contributed by atoms with van der Waals surface area (Å²) in [5.74, 6) is -2.43. The molecule has 0 saturated carbocycles. The summed E-state index contributed by atoms with van der Waals surface area (Å²) in [5.41, 5.74) is -0.178. The van der Waals surface area contributed by atoms with E-state index >= 15 is 0 Å². The van der Waals surface area contributed by atoms with Crippen molar-refractivity contribution in [2.45, 2.75) is 55.4 Å². The highest BCUT2D eigenvalue weighted by atomic mass is 79.9. The summed E-state index contributed by atoms with van der Waals surface area (Å²) in [7, 11) is 1.54. The maximum absolute atomic E-state index is 13.8. The fourth-order valence-electron chi connectivity index (χ4n) is 5.69. The van der Waals surface area contributed by atoms with Gasteiger partial charge in [-0.05, 0) is 17.9 Å². The summed E-state index contributed by atoms with van der Waals surface area (Å²) in [6, 6.07) is 8.04. The zero-order chi connectivity index (χ0) is 23.2. The standard InChI is InChI=1S/C23H30BrN3O5/c1-12(2)15(11-28)27-19(21(30)26-10-13-7-5-4-6-8-13)23-9-14(24)18(32-23)16(20(29)25-3)17(23)22(27)31/h4-8,12,14-19,28H,9-11H2,1-3H3,(H,25,29)(H,26,30)/t14?,15-,16-,17-,18-,19?,23?/m0/s1. The number of hydrogen-bond acceptors (Lipinski definition) is 5. The van der Waals surface area contributed by atoms with Crippen LogP contribution in [0.5, 0.6) is 0 Å². The van der Waals surface area contributed by atoms with E-state index in [2.05, 4.69) is 26.6 Å². The molecule has 1 spiro atoms. The summed E-state index contributed by atoms with van der Waals surface area (Å²) in [5, 5.41) is 15.7. The second kappa shape index (κ2) is 8.76. The number of aliphatic hydroxyl groups is 1. The molecule has 2 bridgehead atoms. The van der Waals surface area contributed by atoms with Crippen LogP contribution in [0.3, 0.4) is 0 Å². The molecule has 0 aromatic heterocycles. The number of nitrogens with zero attached hydrogens (tertiary/aromatic N) is 1. The lowest BCUT2D eigenvalue weighted by molar-refractivity contribution is -0.146. The van der Waals surface area contributed by atoms with Gasteiger partial charge in [0.25, 0.3) is 0 Å². The maximum atomic E-state index is 13.8. The molecular formula is C23H30BrN3O5. The highest BCUT2D eigenvalue weighted by molar-refractivity contribution is 9.09. The maximum Gasteiger partial charge on any atom is 0.246 e. The van der Waals surface area contributed by atoms with Gasteiger partial charge in [0.05, 0.1) is 30.6 Å². The summed E-state index contributed by atoms with van der Waals surface area (Å²) < 4.78 is 6.38. The van der Waals surface area contributed by atoms with E-state index in [1.54, 1.807) is 0 Å². The van der Waals surface area contributed by atoms with Crippen LogP contribution in [-0.4, -0.2) is 70.0 Å². The lowest BCUT2D eigenvalue weighted by Gasteiger charge is -2.38. The molecule has 3 fully saturated rings. The highest BCUT2D eigenvalue weighted by Crippen LogP contribution is 2.60. The molecule has 0 radical (unpaired) electrons. The molecule has 3 aliphatic rings. The smallest absolute Gasteiger partial charge is 0.246 e. The molecule has 1 aromatic rings. The summed E-state index contributed by atoms with van der Waals surface area (Å²) in [4.78, 5) is 41.5. The van der Waals surface area contributed by atoms with Crippen LogP contribution in [0.2, 0.25) is 0 Å². The highest BCUT2D eigenvalue weighted by Gasteiger charge is 2.77. The van der Waals surface area contributed by atoms with Crippen LogP contribution in [0.4, 0.5) is 0 Å². The van der Waals surface area contributed by atoms with E-state index in [1.807, 2.05) is 44.2 Å². The van der Waals surface area contributed by atoms with Crippen LogP contribution in [0, 0.1) is 17.8 Å². The van der Waals surface area contributed by atoms with Crippen molar-refractivity contribution in [2.24, 2.45) is 17.8 Å². The Morgan fingerprint density at radius 1 is 1.28 bits per heavy atom. The predicted octanol–water partition coefficient (Wildman–Crippen LogP) is 0.814. The van der Waals surface area contributed by atoms with Crippen molar-refractivity contribution in [2.75, 3.05) is 13.7 Å². The average molecular weight is 508 g/mol. The molecular weight excluding hydrogens is 478 g/mol. The molecule has 174 valence electrons. The van der Waals surface area contributed by atoms with Gasteiger partial charge in [-0.1, -0.05) is 60.1 Å². The number of fused-ring (bicyclic) bond motifs is 1. The molecule has 3 unspecified atom stereocenters. The SMILES string of the molecule is CNC(=O)[C@H]1[C@H]2C(=O)N([C@@H](CO)C(C)C)C(C(=O)NCc3ccccc3)C23CC(Br)[C@@H]1O3. The second-order valence-corrected chi connectivity index (χ2v) is 10.4. The zero-order valence-electron chi connectivity index (χ0n) is 18.5. The second-order valence-electron chi connectivity index (χ2n) is 9.22. The van der Waals surface area contributed by atoms with Gasteiger partial charge in [-0.2, -0.15) is 0 Å².